The second-order valence-corrected chi connectivity index (χ2v) is 14.9. The molecule has 2 fully saturated rings. The number of H-pyrrole nitrogens is 1. The number of rotatable bonds is 9. The third kappa shape index (κ3) is 7.59. The predicted molar refractivity (Wildman–Crippen MR) is 198 cm³/mol. The van der Waals surface area contributed by atoms with Gasteiger partial charge in [0.2, 0.25) is 0 Å². The highest BCUT2D eigenvalue weighted by Gasteiger charge is 2.35. The van der Waals surface area contributed by atoms with E-state index < -0.39 is 23.1 Å². The number of aromatic amines is 1. The van der Waals surface area contributed by atoms with Crippen LogP contribution in [0.5, 0.6) is 0 Å². The molecule has 51 heavy (non-hydrogen) atoms. The number of anilines is 1. The maximum Gasteiger partial charge on any atom is 0.258 e. The first-order chi connectivity index (χ1) is 24.5. The number of piperidine rings is 2. The second-order valence-electron chi connectivity index (χ2n) is 14.9. The van der Waals surface area contributed by atoms with Gasteiger partial charge in [0.15, 0.2) is 0 Å². The van der Waals surface area contributed by atoms with Crippen molar-refractivity contribution in [3.05, 3.63) is 101 Å². The van der Waals surface area contributed by atoms with Crippen LogP contribution in [0.25, 0.3) is 33.5 Å². The molecule has 2 aliphatic rings. The van der Waals surface area contributed by atoms with Gasteiger partial charge in [0.25, 0.3) is 5.91 Å². The zero-order valence-corrected chi connectivity index (χ0v) is 29.6. The quantitative estimate of drug-likeness (QED) is 0.126. The van der Waals surface area contributed by atoms with Crippen molar-refractivity contribution >= 4 is 22.6 Å². The van der Waals surface area contributed by atoms with Gasteiger partial charge >= 0.3 is 0 Å². The molecular weight excluding hydrogens is 646 g/mol. The van der Waals surface area contributed by atoms with Gasteiger partial charge in [-0.3, -0.25) is 4.79 Å². The fourth-order valence-electron chi connectivity index (χ4n) is 7.70. The number of likely N-dealkylation sites (tertiary alicyclic amines) is 1. The summed E-state index contributed by atoms with van der Waals surface area (Å²) in [5.41, 5.74) is 4.99. The molecule has 1 spiro atoms. The normalized spacial score (nSPS) is 16.5. The number of hydrogen-bond acceptors (Lipinski definition) is 6. The number of hydrogen-bond donors (Lipinski definition) is 4. The Bertz CT molecular complexity index is 2040. The number of nitrogens with one attached hydrogen (secondary N) is 3. The summed E-state index contributed by atoms with van der Waals surface area (Å²) in [5.74, 6) is -2.09. The van der Waals surface area contributed by atoms with Crippen molar-refractivity contribution in [2.45, 2.75) is 64.9 Å². The molecule has 0 radical (unpaired) electrons. The van der Waals surface area contributed by atoms with E-state index in [0.717, 1.165) is 36.7 Å². The summed E-state index contributed by atoms with van der Waals surface area (Å²) in [6.45, 7) is 10.7. The van der Waals surface area contributed by atoms with Crippen LogP contribution in [0.2, 0.25) is 0 Å². The first kappa shape index (κ1) is 34.9. The van der Waals surface area contributed by atoms with Gasteiger partial charge in [-0.15, -0.1) is 0 Å². The van der Waals surface area contributed by atoms with Gasteiger partial charge in [0, 0.05) is 22.3 Å². The Morgan fingerprint density at radius 2 is 1.73 bits per heavy atom. The number of nitrogens with zero attached hydrogens (tertiary/aromatic N) is 3. The lowest BCUT2D eigenvalue weighted by Gasteiger charge is -2.44. The maximum absolute atomic E-state index is 15.1. The van der Waals surface area contributed by atoms with Crippen molar-refractivity contribution in [3.8, 4) is 22.5 Å². The van der Waals surface area contributed by atoms with E-state index in [4.69, 9.17) is 0 Å². The average Bonchev–Trinajstić information content (AvgIpc) is 3.56. The monoisotopic (exact) mass is 692 g/mol. The smallest absolute Gasteiger partial charge is 0.258 e. The second kappa shape index (κ2) is 14.3. The Balaban J connectivity index is 1.04. The molecule has 10 heteroatoms. The molecule has 5 aromatic rings. The fourth-order valence-corrected chi connectivity index (χ4v) is 7.70. The van der Waals surface area contributed by atoms with Crippen LogP contribution >= 0.6 is 0 Å². The van der Waals surface area contributed by atoms with Crippen LogP contribution in [-0.2, 0) is 12.0 Å². The van der Waals surface area contributed by atoms with E-state index in [1.807, 2.05) is 6.07 Å². The van der Waals surface area contributed by atoms with Crippen molar-refractivity contribution in [1.29, 1.82) is 0 Å². The molecule has 2 saturated heterocycles. The van der Waals surface area contributed by atoms with Gasteiger partial charge in [-0.2, -0.15) is 0 Å². The standard InChI is InChI=1S/C41H46F2N6O2/c1-26-32(22-30(42)23-35(26)48-39(50)31-11-10-29(21-34(31)43)40(2,3)51)37-33-24-36(47-38(33)46-25-45-37)28-8-6-27(7-9-28)5-4-18-49-19-14-41(15-20-49)12-16-44-17-13-41/h6-11,21-25,44,51H,4-5,12-20H2,1-3H3,(H,48,50)(H,45,46,47). The number of aryl methyl sites for hydroxylation is 1. The van der Waals surface area contributed by atoms with Crippen LogP contribution in [0.4, 0.5) is 14.5 Å². The van der Waals surface area contributed by atoms with Gasteiger partial charge in [-0.1, -0.05) is 30.3 Å². The van der Waals surface area contributed by atoms with E-state index in [-0.39, 0.29) is 11.3 Å². The van der Waals surface area contributed by atoms with Crippen LogP contribution in [0.3, 0.4) is 0 Å². The third-order valence-corrected chi connectivity index (χ3v) is 11.0. The molecule has 7 rings (SSSR count). The maximum atomic E-state index is 15.1. The minimum Gasteiger partial charge on any atom is -0.386 e. The van der Waals surface area contributed by atoms with Crippen molar-refractivity contribution in [1.82, 2.24) is 25.2 Å². The molecule has 4 N–H and O–H groups in total. The molecule has 8 nitrogen and oxygen atoms in total. The van der Waals surface area contributed by atoms with Crippen LogP contribution < -0.4 is 10.6 Å². The lowest BCUT2D eigenvalue weighted by atomic mass is 9.71. The lowest BCUT2D eigenvalue weighted by Crippen LogP contribution is -2.45. The van der Waals surface area contributed by atoms with Gasteiger partial charge in [-0.05, 0) is 150 Å². The highest BCUT2D eigenvalue weighted by atomic mass is 19.1. The van der Waals surface area contributed by atoms with Gasteiger partial charge in [0.1, 0.15) is 23.6 Å². The number of halogens is 2. The first-order valence-corrected chi connectivity index (χ1v) is 18.0. The van der Waals surface area contributed by atoms with Crippen molar-refractivity contribution in [3.63, 3.8) is 0 Å². The molecule has 2 aliphatic heterocycles. The molecule has 266 valence electrons. The van der Waals surface area contributed by atoms with Crippen LogP contribution in [0, 0.1) is 24.0 Å². The highest BCUT2D eigenvalue weighted by molar-refractivity contribution is 6.06. The molecule has 1 amide bonds. The topological polar surface area (TPSA) is 106 Å². The highest BCUT2D eigenvalue weighted by Crippen LogP contribution is 2.40. The van der Waals surface area contributed by atoms with Crippen molar-refractivity contribution in [2.24, 2.45) is 5.41 Å². The predicted octanol–water partition coefficient (Wildman–Crippen LogP) is 7.76. The van der Waals surface area contributed by atoms with E-state index in [2.05, 4.69) is 54.8 Å². The fraction of sp³-hybridized carbons (Fsp3) is 0.390. The first-order valence-electron chi connectivity index (χ1n) is 18.0. The molecule has 0 aliphatic carbocycles. The molecule has 0 saturated carbocycles. The van der Waals surface area contributed by atoms with E-state index in [9.17, 15) is 14.3 Å². The Morgan fingerprint density at radius 1 is 0.980 bits per heavy atom. The number of carbonyl (C=O) groups is 1. The van der Waals surface area contributed by atoms with E-state index >= 15 is 4.39 Å². The Labute approximate surface area is 297 Å². The molecule has 4 heterocycles. The zero-order chi connectivity index (χ0) is 35.8. The summed E-state index contributed by atoms with van der Waals surface area (Å²) in [7, 11) is 0. The summed E-state index contributed by atoms with van der Waals surface area (Å²) in [5, 5.41) is 17.1. The molecule has 0 unspecified atom stereocenters. The zero-order valence-electron chi connectivity index (χ0n) is 29.6. The molecular formula is C41H46F2N6O2. The number of aromatic nitrogens is 3. The summed E-state index contributed by atoms with van der Waals surface area (Å²) < 4.78 is 30.0. The number of benzene rings is 3. The number of aliphatic hydroxyl groups is 1. The summed E-state index contributed by atoms with van der Waals surface area (Å²) in [4.78, 5) is 28.1. The van der Waals surface area contributed by atoms with Gasteiger partial charge in [0.05, 0.1) is 16.9 Å². The van der Waals surface area contributed by atoms with Crippen molar-refractivity contribution in [2.75, 3.05) is 38.0 Å². The van der Waals surface area contributed by atoms with E-state index in [0.29, 0.717) is 38.8 Å². The largest absolute Gasteiger partial charge is 0.386 e. The van der Waals surface area contributed by atoms with Crippen LogP contribution in [0.15, 0.2) is 67.0 Å². The summed E-state index contributed by atoms with van der Waals surface area (Å²) in [6.07, 6.45) is 8.92. The Hall–Kier alpha value is -4.51. The van der Waals surface area contributed by atoms with E-state index in [1.54, 1.807) is 6.92 Å². The third-order valence-electron chi connectivity index (χ3n) is 11.0. The Morgan fingerprint density at radius 3 is 2.43 bits per heavy atom. The lowest BCUT2D eigenvalue weighted by molar-refractivity contribution is 0.0735. The van der Waals surface area contributed by atoms with Crippen LogP contribution in [-0.4, -0.2) is 63.6 Å². The van der Waals surface area contributed by atoms with Crippen LogP contribution in [0.1, 0.15) is 73.0 Å². The van der Waals surface area contributed by atoms with E-state index in [1.165, 1.54) is 102 Å². The van der Waals surface area contributed by atoms with Gasteiger partial charge < -0.3 is 25.6 Å². The number of fused-ring (bicyclic) bond motifs is 1. The minimum atomic E-state index is -1.27. The summed E-state index contributed by atoms with van der Waals surface area (Å²) in [6, 6.07) is 17.1. The molecule has 0 bridgehead atoms. The summed E-state index contributed by atoms with van der Waals surface area (Å²) >= 11 is 0. The number of carbonyl (C=O) groups excluding carboxylic acids is 1. The Kier molecular flexibility index (Phi) is 9.76. The minimum absolute atomic E-state index is 0.199. The van der Waals surface area contributed by atoms with Crippen molar-refractivity contribution < 1.29 is 18.7 Å². The van der Waals surface area contributed by atoms with Gasteiger partial charge in [-0.25, -0.2) is 18.7 Å². The number of amides is 1. The molecule has 0 atom stereocenters. The SMILES string of the molecule is Cc1c(NC(=O)c2ccc(C(C)(C)O)cc2F)cc(F)cc1-c1ncnc2[nH]c(-c3ccc(CCCN4CCC5(CCNCC5)CC4)cc3)cc12. The average molecular weight is 693 g/mol. The molecule has 3 aromatic carbocycles. The molecule has 2 aromatic heterocycles.